The van der Waals surface area contributed by atoms with Crippen LogP contribution >= 0.6 is 15.9 Å². The van der Waals surface area contributed by atoms with Crippen LogP contribution < -0.4 is 15.0 Å². The molecule has 4 rings (SSSR count). The largest absolute Gasteiger partial charge is 0.490 e. The summed E-state index contributed by atoms with van der Waals surface area (Å²) in [5.41, 5.74) is 2.30. The summed E-state index contributed by atoms with van der Waals surface area (Å²) in [6.07, 6.45) is 0.272. The molecule has 1 aliphatic rings. The number of rotatable bonds is 4. The first-order valence-electron chi connectivity index (χ1n) is 8.78. The van der Waals surface area contributed by atoms with Crippen molar-refractivity contribution in [1.82, 2.24) is 0 Å². The van der Waals surface area contributed by atoms with Crippen LogP contribution in [-0.4, -0.2) is 25.0 Å². The Kier molecular flexibility index (Phi) is 5.16. The normalized spacial score (nSPS) is 12.8. The summed E-state index contributed by atoms with van der Waals surface area (Å²) in [5.74, 6) is 0.620. The molecule has 0 aliphatic carbocycles. The van der Waals surface area contributed by atoms with Gasteiger partial charge in [0.1, 0.15) is 12.4 Å². The monoisotopic (exact) mass is 440 g/mol. The van der Waals surface area contributed by atoms with Gasteiger partial charge in [-0.1, -0.05) is 24.3 Å². The molecule has 1 aliphatic heterocycles. The lowest BCUT2D eigenvalue weighted by molar-refractivity contribution is -0.118. The maximum Gasteiger partial charge on any atom is 0.291 e. The van der Waals surface area contributed by atoms with Gasteiger partial charge >= 0.3 is 0 Å². The molecule has 2 aromatic carbocycles. The summed E-state index contributed by atoms with van der Waals surface area (Å²) in [4.78, 5) is 26.6. The molecule has 0 saturated heterocycles. The summed E-state index contributed by atoms with van der Waals surface area (Å²) in [6, 6.07) is 18.0. The van der Waals surface area contributed by atoms with E-state index < -0.39 is 0 Å². The van der Waals surface area contributed by atoms with Crippen molar-refractivity contribution in [3.05, 3.63) is 76.7 Å². The van der Waals surface area contributed by atoms with E-state index in [1.54, 1.807) is 29.2 Å². The summed E-state index contributed by atoms with van der Waals surface area (Å²) in [6.45, 7) is 1.01. The van der Waals surface area contributed by atoms with Crippen molar-refractivity contribution < 1.29 is 18.7 Å². The summed E-state index contributed by atoms with van der Waals surface area (Å²) >= 11 is 3.17. The minimum absolute atomic E-state index is 0.00738. The van der Waals surface area contributed by atoms with Gasteiger partial charge in [0.15, 0.2) is 10.4 Å². The van der Waals surface area contributed by atoms with Crippen LogP contribution in [0.2, 0.25) is 0 Å². The summed E-state index contributed by atoms with van der Waals surface area (Å²) < 4.78 is 11.3. The van der Waals surface area contributed by atoms with Gasteiger partial charge in [-0.3, -0.25) is 9.59 Å². The van der Waals surface area contributed by atoms with Crippen molar-refractivity contribution in [3.8, 4) is 5.75 Å². The molecule has 0 fully saturated rings. The molecule has 3 aromatic rings. The highest BCUT2D eigenvalue weighted by Gasteiger charge is 2.23. The molecule has 1 aromatic heterocycles. The quantitative estimate of drug-likeness (QED) is 0.657. The van der Waals surface area contributed by atoms with Gasteiger partial charge in [0.25, 0.3) is 5.91 Å². The van der Waals surface area contributed by atoms with E-state index in [9.17, 15) is 9.59 Å². The van der Waals surface area contributed by atoms with Crippen LogP contribution in [0, 0.1) is 0 Å². The minimum Gasteiger partial charge on any atom is -0.490 e. The molecule has 7 heteroatoms. The predicted molar refractivity (Wildman–Crippen MR) is 109 cm³/mol. The number of fused-ring (bicyclic) bond motifs is 1. The van der Waals surface area contributed by atoms with Gasteiger partial charge in [-0.2, -0.15) is 0 Å². The molecule has 0 bridgehead atoms. The van der Waals surface area contributed by atoms with Crippen molar-refractivity contribution >= 4 is 39.1 Å². The Morgan fingerprint density at radius 3 is 2.57 bits per heavy atom. The Morgan fingerprint density at radius 2 is 1.82 bits per heavy atom. The van der Waals surface area contributed by atoms with E-state index in [0.29, 0.717) is 23.5 Å². The van der Waals surface area contributed by atoms with E-state index in [1.807, 2.05) is 36.4 Å². The fourth-order valence-electron chi connectivity index (χ4n) is 3.03. The molecule has 28 heavy (non-hydrogen) atoms. The van der Waals surface area contributed by atoms with Gasteiger partial charge < -0.3 is 19.4 Å². The molecule has 0 unspecified atom stereocenters. The second-order valence-electron chi connectivity index (χ2n) is 6.29. The highest BCUT2D eigenvalue weighted by molar-refractivity contribution is 9.10. The van der Waals surface area contributed by atoms with Gasteiger partial charge in [0, 0.05) is 5.69 Å². The van der Waals surface area contributed by atoms with E-state index in [4.69, 9.17) is 9.15 Å². The lowest BCUT2D eigenvalue weighted by Gasteiger charge is -2.29. The van der Waals surface area contributed by atoms with E-state index in [0.717, 1.165) is 17.0 Å². The third-order valence-electron chi connectivity index (χ3n) is 4.39. The second-order valence-corrected chi connectivity index (χ2v) is 7.07. The Hall–Kier alpha value is -3.06. The molecule has 1 N–H and O–H groups in total. The zero-order chi connectivity index (χ0) is 19.5. The number of furan rings is 1. The maximum absolute atomic E-state index is 12.8. The van der Waals surface area contributed by atoms with Crippen molar-refractivity contribution in [2.75, 3.05) is 23.4 Å². The third-order valence-corrected chi connectivity index (χ3v) is 4.82. The molecule has 142 valence electrons. The number of halogens is 1. The van der Waals surface area contributed by atoms with Crippen LogP contribution in [0.4, 0.5) is 11.4 Å². The lowest BCUT2D eigenvalue weighted by atomic mass is 10.1. The van der Waals surface area contributed by atoms with Crippen molar-refractivity contribution in [2.24, 2.45) is 0 Å². The summed E-state index contributed by atoms with van der Waals surface area (Å²) in [5, 5.41) is 2.76. The van der Waals surface area contributed by atoms with Crippen molar-refractivity contribution in [3.63, 3.8) is 0 Å². The molecule has 0 atom stereocenters. The number of benzene rings is 2. The average Bonchev–Trinajstić information content (AvgIpc) is 3.15. The molecular weight excluding hydrogens is 424 g/mol. The van der Waals surface area contributed by atoms with Gasteiger partial charge in [-0.25, -0.2) is 0 Å². The van der Waals surface area contributed by atoms with Gasteiger partial charge in [-0.15, -0.1) is 0 Å². The average molecular weight is 441 g/mol. The number of ether oxygens (including phenoxy) is 1. The van der Waals surface area contributed by atoms with E-state index in [1.165, 1.54) is 0 Å². The number of carbonyl (C=O) groups is 2. The Labute approximate surface area is 170 Å². The zero-order valence-electron chi connectivity index (χ0n) is 14.9. The van der Waals surface area contributed by atoms with Crippen LogP contribution in [0.25, 0.3) is 0 Å². The number of carbonyl (C=O) groups excluding carboxylic acids is 2. The number of para-hydroxylation sites is 2. The molecule has 0 radical (unpaired) electrons. The Bertz CT molecular complexity index is 1010. The van der Waals surface area contributed by atoms with Gasteiger partial charge in [0.05, 0.1) is 18.7 Å². The zero-order valence-corrected chi connectivity index (χ0v) is 16.4. The highest BCUT2D eigenvalue weighted by atomic mass is 79.9. The number of hydrogen-bond acceptors (Lipinski definition) is 4. The van der Waals surface area contributed by atoms with Crippen LogP contribution in [0.3, 0.4) is 0 Å². The van der Waals surface area contributed by atoms with E-state index >= 15 is 0 Å². The number of nitrogens with one attached hydrogen (secondary N) is 1. The molecule has 6 nitrogen and oxygen atoms in total. The van der Waals surface area contributed by atoms with Crippen LogP contribution in [0.1, 0.15) is 16.1 Å². The molecular formula is C21H17BrN2O4. The van der Waals surface area contributed by atoms with Crippen molar-refractivity contribution in [1.29, 1.82) is 0 Å². The van der Waals surface area contributed by atoms with E-state index in [2.05, 4.69) is 21.2 Å². The predicted octanol–water partition coefficient (Wildman–Crippen LogP) is 4.26. The lowest BCUT2D eigenvalue weighted by Crippen LogP contribution is -2.38. The fraction of sp³-hybridized carbons (Fsp3) is 0.143. The van der Waals surface area contributed by atoms with Crippen molar-refractivity contribution in [2.45, 2.75) is 6.42 Å². The highest BCUT2D eigenvalue weighted by Crippen LogP contribution is 2.31. The first kappa shape index (κ1) is 18.3. The number of hydrogen-bond donors (Lipinski definition) is 1. The first-order chi connectivity index (χ1) is 13.6. The Morgan fingerprint density at radius 1 is 1.04 bits per heavy atom. The van der Waals surface area contributed by atoms with Gasteiger partial charge in [0.2, 0.25) is 5.91 Å². The van der Waals surface area contributed by atoms with E-state index in [-0.39, 0.29) is 24.0 Å². The number of nitrogens with zero attached hydrogens (tertiary/aromatic N) is 1. The first-order valence-corrected chi connectivity index (χ1v) is 9.57. The van der Waals surface area contributed by atoms with Crippen LogP contribution in [-0.2, 0) is 11.2 Å². The number of anilines is 2. The minimum atomic E-state index is -0.334. The fourth-order valence-corrected chi connectivity index (χ4v) is 3.34. The van der Waals surface area contributed by atoms with Crippen LogP contribution in [0.15, 0.2) is 69.8 Å². The van der Waals surface area contributed by atoms with Crippen LogP contribution in [0.5, 0.6) is 5.75 Å². The topological polar surface area (TPSA) is 71.8 Å². The summed E-state index contributed by atoms with van der Waals surface area (Å²) in [7, 11) is 0. The molecule has 0 saturated carbocycles. The molecule has 2 heterocycles. The standard InChI is InChI=1S/C21H17BrN2O4/c22-19-10-9-18(28-19)21(26)23-15-7-5-14(6-8-15)13-20(25)24-11-12-27-17-4-2-1-3-16(17)24/h1-10H,11-13H2,(H,23,26). The SMILES string of the molecule is O=C(Nc1ccc(CC(=O)N2CCOc3ccccc32)cc1)c1ccc(Br)o1. The third kappa shape index (κ3) is 3.94. The van der Waals surface area contributed by atoms with Gasteiger partial charge in [-0.05, 0) is 57.9 Å². The molecule has 2 amide bonds. The number of amides is 2. The molecule has 0 spiro atoms. The maximum atomic E-state index is 12.8. The second kappa shape index (κ2) is 7.90. The Balaban J connectivity index is 1.41. The smallest absolute Gasteiger partial charge is 0.291 e.